The molecule has 0 aliphatic heterocycles. The Labute approximate surface area is 228 Å². The van der Waals surface area contributed by atoms with Crippen LogP contribution in [0.4, 0.5) is 4.39 Å². The highest BCUT2D eigenvalue weighted by Crippen LogP contribution is 2.63. The molecule has 7 rings (SSSR count). The van der Waals surface area contributed by atoms with E-state index in [2.05, 4.69) is 0 Å². The Morgan fingerprint density at radius 1 is 0.872 bits per heavy atom. The van der Waals surface area contributed by atoms with Crippen LogP contribution in [0.5, 0.6) is 11.5 Å². The molecule has 0 heterocycles. The summed E-state index contributed by atoms with van der Waals surface area (Å²) < 4.78 is 32.9. The number of ether oxygens (including phenoxy) is 3. The van der Waals surface area contributed by atoms with Gasteiger partial charge in [0.1, 0.15) is 17.0 Å². The molecule has 3 aromatic rings. The lowest BCUT2D eigenvalue weighted by molar-refractivity contribution is -0.189. The maximum Gasteiger partial charge on any atom is 0.338 e. The van der Waals surface area contributed by atoms with E-state index in [1.807, 2.05) is 62.4 Å². The minimum atomic E-state index is -0.809. The summed E-state index contributed by atoms with van der Waals surface area (Å²) in [6, 6.07) is 22.8. The van der Waals surface area contributed by atoms with Crippen molar-refractivity contribution in [2.24, 2.45) is 17.3 Å². The Morgan fingerprint density at radius 2 is 1.51 bits per heavy atom. The number of hydrogen-bond donors (Lipinski definition) is 0. The molecule has 0 N–H and O–H groups in total. The quantitative estimate of drug-likeness (QED) is 0.239. The first kappa shape index (κ1) is 25.6. The zero-order chi connectivity index (χ0) is 27.3. The van der Waals surface area contributed by atoms with Gasteiger partial charge in [0.15, 0.2) is 11.6 Å². The number of para-hydroxylation sites is 1. The van der Waals surface area contributed by atoms with Gasteiger partial charge in [-0.1, -0.05) is 48.5 Å². The summed E-state index contributed by atoms with van der Waals surface area (Å²) in [4.78, 5) is 27.0. The van der Waals surface area contributed by atoms with Gasteiger partial charge < -0.3 is 14.2 Å². The highest BCUT2D eigenvalue weighted by molar-refractivity contribution is 5.90. The predicted molar refractivity (Wildman–Crippen MR) is 144 cm³/mol. The van der Waals surface area contributed by atoms with E-state index in [0.717, 1.165) is 37.7 Å². The van der Waals surface area contributed by atoms with Gasteiger partial charge in [-0.3, -0.25) is 4.79 Å². The maximum atomic E-state index is 14.8. The first-order chi connectivity index (χ1) is 18.7. The maximum absolute atomic E-state index is 14.8. The molecule has 4 fully saturated rings. The van der Waals surface area contributed by atoms with Crippen molar-refractivity contribution in [1.29, 1.82) is 0 Å². The van der Waals surface area contributed by atoms with Crippen LogP contribution >= 0.6 is 0 Å². The third-order valence-corrected chi connectivity index (χ3v) is 8.70. The molecule has 2 unspecified atom stereocenters. The minimum absolute atomic E-state index is 0.00766. The monoisotopic (exact) mass is 528 g/mol. The second-order valence-electron chi connectivity index (χ2n) is 12.1. The molecule has 5 nitrogen and oxygen atoms in total. The average molecular weight is 529 g/mol. The molecular weight excluding hydrogens is 495 g/mol. The molecule has 4 saturated carbocycles. The fourth-order valence-corrected chi connectivity index (χ4v) is 7.38. The summed E-state index contributed by atoms with van der Waals surface area (Å²) in [5.74, 6) is -0.168. The number of halogens is 1. The second kappa shape index (κ2) is 9.51. The van der Waals surface area contributed by atoms with Crippen LogP contribution in [-0.2, 0) is 15.1 Å². The molecule has 0 radical (unpaired) electrons. The van der Waals surface area contributed by atoms with Crippen molar-refractivity contribution in [3.05, 3.63) is 95.8 Å². The van der Waals surface area contributed by atoms with Crippen LogP contribution in [0.15, 0.2) is 78.9 Å². The summed E-state index contributed by atoms with van der Waals surface area (Å²) in [6.07, 6.45) is 4.50. The molecule has 6 heteroatoms. The molecule has 0 saturated heterocycles. The Kier molecular flexibility index (Phi) is 6.24. The van der Waals surface area contributed by atoms with Crippen molar-refractivity contribution in [3.63, 3.8) is 0 Å². The smallest absolute Gasteiger partial charge is 0.338 e. The topological polar surface area (TPSA) is 61.8 Å². The third kappa shape index (κ3) is 4.93. The van der Waals surface area contributed by atoms with Crippen molar-refractivity contribution in [2.45, 2.75) is 63.6 Å². The van der Waals surface area contributed by atoms with E-state index in [1.165, 1.54) is 18.2 Å². The lowest BCUT2D eigenvalue weighted by Gasteiger charge is -2.59. The number of rotatable bonds is 7. The Morgan fingerprint density at radius 3 is 2.18 bits per heavy atom. The SMILES string of the molecule is CC(C)(Oc1cc(C(=O)OC23CC4CC(C2)CC(C(=O)Oc2ccccc2)(C4)C3)ccc1F)c1ccccc1. The van der Waals surface area contributed by atoms with Gasteiger partial charge in [-0.05, 0) is 93.7 Å². The Balaban J connectivity index is 1.21. The number of esters is 2. The van der Waals surface area contributed by atoms with Crippen LogP contribution in [0, 0.1) is 23.1 Å². The van der Waals surface area contributed by atoms with Gasteiger partial charge in [-0.15, -0.1) is 0 Å². The molecule has 4 aliphatic carbocycles. The van der Waals surface area contributed by atoms with Crippen LogP contribution in [0.1, 0.15) is 68.3 Å². The van der Waals surface area contributed by atoms with E-state index >= 15 is 0 Å². The van der Waals surface area contributed by atoms with E-state index < -0.39 is 28.4 Å². The first-order valence-electron chi connectivity index (χ1n) is 13.7. The predicted octanol–water partition coefficient (Wildman–Crippen LogP) is 7.24. The fourth-order valence-electron chi connectivity index (χ4n) is 7.38. The Bertz CT molecular complexity index is 1370. The lowest BCUT2D eigenvalue weighted by atomic mass is 9.48. The summed E-state index contributed by atoms with van der Waals surface area (Å²) in [6.45, 7) is 3.71. The standard InChI is InChI=1S/C33H33FO5/c1-31(2,25-9-5-3-6-10-25)38-28-16-24(13-14-27(28)34)29(35)39-33-19-22-15-23(20-33)18-32(17-22,21-33)30(36)37-26-11-7-4-8-12-26/h3-14,16,22-23H,15,17-21H2,1-2H3. The average Bonchev–Trinajstić information content (AvgIpc) is 2.90. The van der Waals surface area contributed by atoms with Crippen LogP contribution in [-0.4, -0.2) is 17.5 Å². The van der Waals surface area contributed by atoms with Crippen molar-refractivity contribution in [3.8, 4) is 11.5 Å². The van der Waals surface area contributed by atoms with Crippen LogP contribution in [0.3, 0.4) is 0 Å². The highest BCUT2D eigenvalue weighted by atomic mass is 19.1. The third-order valence-electron chi connectivity index (χ3n) is 8.70. The van der Waals surface area contributed by atoms with E-state index in [9.17, 15) is 14.0 Å². The summed E-state index contributed by atoms with van der Waals surface area (Å²) in [5.41, 5.74) is -1.08. The molecule has 4 aliphatic rings. The zero-order valence-electron chi connectivity index (χ0n) is 22.3. The van der Waals surface area contributed by atoms with Crippen LogP contribution in [0.25, 0.3) is 0 Å². The van der Waals surface area contributed by atoms with Crippen LogP contribution in [0.2, 0.25) is 0 Å². The van der Waals surface area contributed by atoms with E-state index in [0.29, 0.717) is 24.0 Å². The first-order valence-corrected chi connectivity index (χ1v) is 13.7. The summed E-state index contributed by atoms with van der Waals surface area (Å²) >= 11 is 0. The summed E-state index contributed by atoms with van der Waals surface area (Å²) in [7, 11) is 0. The molecule has 0 aromatic heterocycles. The molecule has 0 amide bonds. The van der Waals surface area contributed by atoms with Crippen molar-refractivity contribution in [2.75, 3.05) is 0 Å². The van der Waals surface area contributed by atoms with Gasteiger partial charge in [-0.25, -0.2) is 9.18 Å². The lowest BCUT2D eigenvalue weighted by Crippen LogP contribution is -2.60. The van der Waals surface area contributed by atoms with Crippen molar-refractivity contribution in [1.82, 2.24) is 0 Å². The zero-order valence-corrected chi connectivity index (χ0v) is 22.3. The second-order valence-corrected chi connectivity index (χ2v) is 12.1. The fraction of sp³-hybridized carbons (Fsp3) is 0.394. The van der Waals surface area contributed by atoms with E-state index in [1.54, 1.807) is 12.1 Å². The normalized spacial score (nSPS) is 27.2. The van der Waals surface area contributed by atoms with E-state index in [-0.39, 0.29) is 17.3 Å². The number of carbonyl (C=O) groups is 2. The van der Waals surface area contributed by atoms with Gasteiger partial charge in [0.25, 0.3) is 0 Å². The largest absolute Gasteiger partial charge is 0.480 e. The molecule has 0 spiro atoms. The molecule has 2 atom stereocenters. The van der Waals surface area contributed by atoms with Gasteiger partial charge in [0.2, 0.25) is 0 Å². The van der Waals surface area contributed by atoms with Gasteiger partial charge in [0.05, 0.1) is 11.0 Å². The van der Waals surface area contributed by atoms with Gasteiger partial charge in [0, 0.05) is 6.42 Å². The Hall–Kier alpha value is -3.67. The number of hydrogen-bond acceptors (Lipinski definition) is 5. The van der Waals surface area contributed by atoms with Crippen molar-refractivity contribution < 1.29 is 28.2 Å². The number of benzene rings is 3. The molecule has 3 aromatic carbocycles. The van der Waals surface area contributed by atoms with Gasteiger partial charge in [-0.2, -0.15) is 0 Å². The van der Waals surface area contributed by atoms with E-state index in [4.69, 9.17) is 14.2 Å². The molecular formula is C33H33FO5. The summed E-state index contributed by atoms with van der Waals surface area (Å²) in [5, 5.41) is 0. The highest BCUT2D eigenvalue weighted by Gasteiger charge is 2.63. The number of carbonyl (C=O) groups excluding carboxylic acids is 2. The van der Waals surface area contributed by atoms with Gasteiger partial charge >= 0.3 is 11.9 Å². The minimum Gasteiger partial charge on any atom is -0.480 e. The van der Waals surface area contributed by atoms with Crippen LogP contribution < -0.4 is 9.47 Å². The molecule has 39 heavy (non-hydrogen) atoms. The molecule has 4 bridgehead atoms. The molecule has 202 valence electrons. The van der Waals surface area contributed by atoms with Crippen molar-refractivity contribution >= 4 is 11.9 Å².